The Kier molecular flexibility index (Phi) is 3.55. The van der Waals surface area contributed by atoms with Crippen molar-refractivity contribution in [2.75, 3.05) is 6.61 Å². The minimum absolute atomic E-state index is 0.344. The Balaban J connectivity index is 2.44. The Bertz CT molecular complexity index is 350. The van der Waals surface area contributed by atoms with E-state index < -0.39 is 11.8 Å². The summed E-state index contributed by atoms with van der Waals surface area (Å²) in [7, 11) is 0. The fourth-order valence-corrected chi connectivity index (χ4v) is 1.43. The van der Waals surface area contributed by atoms with Gasteiger partial charge in [-0.2, -0.15) is 0 Å². The van der Waals surface area contributed by atoms with Crippen molar-refractivity contribution in [3.05, 3.63) is 16.1 Å². The van der Waals surface area contributed by atoms with Crippen LogP contribution >= 0.6 is 11.3 Å². The highest BCUT2D eigenvalue weighted by atomic mass is 32.1. The molecule has 1 heterocycles. The highest BCUT2D eigenvalue weighted by Crippen LogP contribution is 2.11. The maximum atomic E-state index is 11.3. The SMILES string of the molecule is Cc1ncsc1C(=O)NOCC(N)=O. The molecule has 0 spiro atoms. The monoisotopic (exact) mass is 215 g/mol. The molecule has 2 amide bonds. The van der Waals surface area contributed by atoms with Crippen molar-refractivity contribution in [2.24, 2.45) is 5.73 Å². The van der Waals surface area contributed by atoms with Gasteiger partial charge in [0.05, 0.1) is 11.2 Å². The Hall–Kier alpha value is -1.47. The third-order valence-corrected chi connectivity index (χ3v) is 2.26. The molecule has 0 aliphatic rings. The predicted octanol–water partition coefficient (Wildman–Crippen LogP) is -0.402. The van der Waals surface area contributed by atoms with Crippen molar-refractivity contribution in [2.45, 2.75) is 6.92 Å². The molecule has 3 N–H and O–H groups in total. The fraction of sp³-hybridized carbons (Fsp3) is 0.286. The zero-order valence-electron chi connectivity index (χ0n) is 7.44. The van der Waals surface area contributed by atoms with Gasteiger partial charge >= 0.3 is 0 Å². The van der Waals surface area contributed by atoms with Gasteiger partial charge < -0.3 is 5.73 Å². The molecule has 1 aromatic rings. The number of amides is 2. The lowest BCUT2D eigenvalue weighted by Gasteiger charge is -2.01. The van der Waals surface area contributed by atoms with Gasteiger partial charge in [-0.1, -0.05) is 0 Å². The first-order valence-electron chi connectivity index (χ1n) is 3.71. The number of hydrogen-bond donors (Lipinski definition) is 2. The van der Waals surface area contributed by atoms with Crippen LogP contribution in [-0.2, 0) is 9.63 Å². The van der Waals surface area contributed by atoms with E-state index in [9.17, 15) is 9.59 Å². The van der Waals surface area contributed by atoms with Crippen molar-refractivity contribution in [1.29, 1.82) is 0 Å². The van der Waals surface area contributed by atoms with Crippen molar-refractivity contribution in [1.82, 2.24) is 10.5 Å². The number of hydroxylamine groups is 1. The van der Waals surface area contributed by atoms with Gasteiger partial charge in [0.15, 0.2) is 6.61 Å². The van der Waals surface area contributed by atoms with Crippen LogP contribution in [0.25, 0.3) is 0 Å². The smallest absolute Gasteiger partial charge is 0.286 e. The first-order valence-corrected chi connectivity index (χ1v) is 4.59. The molecule has 0 radical (unpaired) electrons. The highest BCUT2D eigenvalue weighted by Gasteiger charge is 2.11. The van der Waals surface area contributed by atoms with Crippen LogP contribution in [0.2, 0.25) is 0 Å². The molecule has 0 atom stereocenters. The fourth-order valence-electron chi connectivity index (χ4n) is 0.739. The number of carbonyl (C=O) groups is 2. The standard InChI is InChI=1S/C7H9N3O3S/c1-4-6(14-3-9-4)7(12)10-13-2-5(8)11/h3H,2H2,1H3,(H2,8,11)(H,10,12). The molecule has 0 bridgehead atoms. The number of aromatic nitrogens is 1. The molecule has 0 aromatic carbocycles. The molecule has 0 fully saturated rings. The summed E-state index contributed by atoms with van der Waals surface area (Å²) in [5, 5.41) is 0. The van der Waals surface area contributed by atoms with E-state index in [1.807, 2.05) is 0 Å². The van der Waals surface area contributed by atoms with Crippen LogP contribution in [0.5, 0.6) is 0 Å². The maximum Gasteiger partial charge on any atom is 0.286 e. The van der Waals surface area contributed by atoms with Gasteiger partial charge in [-0.25, -0.2) is 10.5 Å². The van der Waals surface area contributed by atoms with E-state index in [4.69, 9.17) is 5.73 Å². The van der Waals surface area contributed by atoms with Crippen LogP contribution in [0.1, 0.15) is 15.4 Å². The molecule has 0 unspecified atom stereocenters. The van der Waals surface area contributed by atoms with Gasteiger partial charge in [-0.05, 0) is 6.92 Å². The molecule has 0 aliphatic carbocycles. The number of aryl methyl sites for hydroxylation is 1. The van der Waals surface area contributed by atoms with Crippen molar-refractivity contribution < 1.29 is 14.4 Å². The second-order valence-electron chi connectivity index (χ2n) is 2.45. The third kappa shape index (κ3) is 2.79. The summed E-state index contributed by atoms with van der Waals surface area (Å²) in [6, 6.07) is 0. The largest absolute Gasteiger partial charge is 0.368 e. The van der Waals surface area contributed by atoms with Gasteiger partial charge in [0, 0.05) is 0 Å². The van der Waals surface area contributed by atoms with Gasteiger partial charge in [-0.15, -0.1) is 11.3 Å². The molecule has 1 rings (SSSR count). The lowest BCUT2D eigenvalue weighted by Crippen LogP contribution is -2.29. The van der Waals surface area contributed by atoms with E-state index in [0.29, 0.717) is 10.6 Å². The summed E-state index contributed by atoms with van der Waals surface area (Å²) in [5.74, 6) is -1.07. The van der Waals surface area contributed by atoms with Gasteiger partial charge in [0.2, 0.25) is 5.91 Å². The van der Waals surface area contributed by atoms with Crippen LogP contribution in [0.15, 0.2) is 5.51 Å². The van der Waals surface area contributed by atoms with Crippen LogP contribution in [0.4, 0.5) is 0 Å². The Morgan fingerprint density at radius 1 is 1.71 bits per heavy atom. The van der Waals surface area contributed by atoms with E-state index in [-0.39, 0.29) is 6.61 Å². The molecule has 0 aliphatic heterocycles. The van der Waals surface area contributed by atoms with Crippen molar-refractivity contribution >= 4 is 23.2 Å². The maximum absolute atomic E-state index is 11.3. The topological polar surface area (TPSA) is 94.3 Å². The van der Waals surface area contributed by atoms with E-state index in [0.717, 1.165) is 0 Å². The minimum atomic E-state index is -0.647. The molecule has 76 valence electrons. The lowest BCUT2D eigenvalue weighted by molar-refractivity contribution is -0.124. The summed E-state index contributed by atoms with van der Waals surface area (Å²) in [6.45, 7) is 1.36. The number of nitrogens with one attached hydrogen (secondary N) is 1. The highest BCUT2D eigenvalue weighted by molar-refractivity contribution is 7.11. The molecular formula is C7H9N3O3S. The average Bonchev–Trinajstić information content (AvgIpc) is 2.50. The average molecular weight is 215 g/mol. The second-order valence-corrected chi connectivity index (χ2v) is 3.31. The Labute approximate surface area is 84.0 Å². The quantitative estimate of drug-likeness (QED) is 0.668. The van der Waals surface area contributed by atoms with Crippen molar-refractivity contribution in [3.8, 4) is 0 Å². The summed E-state index contributed by atoms with van der Waals surface area (Å²) in [5.41, 5.74) is 9.06. The number of thiazole rings is 1. The molecule has 7 heteroatoms. The summed E-state index contributed by atoms with van der Waals surface area (Å²) >= 11 is 1.20. The summed E-state index contributed by atoms with van der Waals surface area (Å²) in [4.78, 5) is 30.4. The van der Waals surface area contributed by atoms with Crippen molar-refractivity contribution in [3.63, 3.8) is 0 Å². The molecule has 0 saturated carbocycles. The van der Waals surface area contributed by atoms with Crippen LogP contribution in [0.3, 0.4) is 0 Å². The molecule has 6 nitrogen and oxygen atoms in total. The Morgan fingerprint density at radius 2 is 2.43 bits per heavy atom. The number of nitrogens with zero attached hydrogens (tertiary/aromatic N) is 1. The number of primary amides is 1. The van der Waals surface area contributed by atoms with Crippen LogP contribution in [0, 0.1) is 6.92 Å². The lowest BCUT2D eigenvalue weighted by atomic mass is 10.4. The third-order valence-electron chi connectivity index (χ3n) is 1.33. The van der Waals surface area contributed by atoms with E-state index in [1.165, 1.54) is 11.3 Å². The minimum Gasteiger partial charge on any atom is -0.368 e. The van der Waals surface area contributed by atoms with Crippen LogP contribution in [-0.4, -0.2) is 23.4 Å². The number of hydrogen-bond acceptors (Lipinski definition) is 5. The zero-order chi connectivity index (χ0) is 10.6. The summed E-state index contributed by atoms with van der Waals surface area (Å²) < 4.78 is 0. The van der Waals surface area contributed by atoms with E-state index in [2.05, 4.69) is 15.3 Å². The van der Waals surface area contributed by atoms with Crippen LogP contribution < -0.4 is 11.2 Å². The number of carbonyl (C=O) groups excluding carboxylic acids is 2. The van der Waals surface area contributed by atoms with Gasteiger partial charge in [0.1, 0.15) is 4.88 Å². The molecule has 14 heavy (non-hydrogen) atoms. The molecular weight excluding hydrogens is 206 g/mol. The molecule has 0 saturated heterocycles. The van der Waals surface area contributed by atoms with E-state index in [1.54, 1.807) is 12.4 Å². The van der Waals surface area contributed by atoms with E-state index >= 15 is 0 Å². The normalized spacial score (nSPS) is 9.79. The van der Waals surface area contributed by atoms with Gasteiger partial charge in [0.25, 0.3) is 5.91 Å². The molecule has 1 aromatic heterocycles. The first kappa shape index (κ1) is 10.6. The zero-order valence-corrected chi connectivity index (χ0v) is 8.26. The second kappa shape index (κ2) is 4.68. The summed E-state index contributed by atoms with van der Waals surface area (Å²) in [6.07, 6.45) is 0. The number of rotatable bonds is 4. The first-order chi connectivity index (χ1) is 6.61. The van der Waals surface area contributed by atoms with Gasteiger partial charge in [-0.3, -0.25) is 14.4 Å². The Morgan fingerprint density at radius 3 is 2.93 bits per heavy atom. The number of nitrogens with two attached hydrogens (primary N) is 1. The predicted molar refractivity (Wildman–Crippen MR) is 49.5 cm³/mol.